The van der Waals surface area contributed by atoms with Gasteiger partial charge in [0.25, 0.3) is 0 Å². The van der Waals surface area contributed by atoms with Gasteiger partial charge in [-0.1, -0.05) is 17.3 Å². The molecule has 2 rings (SSSR count). The lowest BCUT2D eigenvalue weighted by Crippen LogP contribution is -2.45. The Hall–Kier alpha value is -1.79. The van der Waals surface area contributed by atoms with Crippen LogP contribution in [0.3, 0.4) is 0 Å². The van der Waals surface area contributed by atoms with Crippen LogP contribution in [0.1, 0.15) is 5.56 Å². The lowest BCUT2D eigenvalue weighted by Gasteiger charge is -2.33. The molecule has 0 saturated carbocycles. The number of nitrogens with zero attached hydrogens (tertiary/aromatic N) is 3. The molecule has 1 aliphatic rings. The number of morpholine rings is 1. The summed E-state index contributed by atoms with van der Waals surface area (Å²) in [6.07, 6.45) is 0.200. The summed E-state index contributed by atoms with van der Waals surface area (Å²) in [5.41, 5.74) is 7.34. The van der Waals surface area contributed by atoms with E-state index in [1.165, 1.54) is 0 Å². The Balaban J connectivity index is 2.03. The fourth-order valence-electron chi connectivity index (χ4n) is 2.35. The van der Waals surface area contributed by atoms with E-state index in [0.717, 1.165) is 31.9 Å². The smallest absolute Gasteiger partial charge is 0.170 e. The van der Waals surface area contributed by atoms with Crippen molar-refractivity contribution < 1.29 is 9.94 Å². The fraction of sp³-hybridized carbons (Fsp3) is 0.500. The largest absolute Gasteiger partial charge is 0.409 e. The molecular weight excluding hydrogens is 256 g/mol. The van der Waals surface area contributed by atoms with Crippen molar-refractivity contribution in [3.63, 3.8) is 0 Å². The van der Waals surface area contributed by atoms with Gasteiger partial charge in [-0.2, -0.15) is 0 Å². The molecule has 1 atom stereocenters. The molecule has 6 heteroatoms. The van der Waals surface area contributed by atoms with Crippen LogP contribution in [0.15, 0.2) is 29.4 Å². The minimum atomic E-state index is 0.119. The Bertz CT molecular complexity index is 478. The number of ether oxygens (including phenoxy) is 1. The highest BCUT2D eigenvalue weighted by Gasteiger charge is 2.19. The van der Waals surface area contributed by atoms with Gasteiger partial charge < -0.3 is 25.5 Å². The zero-order valence-electron chi connectivity index (χ0n) is 12.0. The van der Waals surface area contributed by atoms with Crippen molar-refractivity contribution in [2.45, 2.75) is 6.10 Å². The van der Waals surface area contributed by atoms with E-state index in [-0.39, 0.29) is 11.9 Å². The van der Waals surface area contributed by atoms with E-state index in [1.807, 2.05) is 31.3 Å². The predicted molar refractivity (Wildman–Crippen MR) is 79.5 cm³/mol. The number of oxime groups is 1. The van der Waals surface area contributed by atoms with E-state index in [9.17, 15) is 0 Å². The van der Waals surface area contributed by atoms with Crippen LogP contribution in [-0.2, 0) is 4.74 Å². The maximum absolute atomic E-state index is 8.73. The number of hydrogen-bond donors (Lipinski definition) is 2. The van der Waals surface area contributed by atoms with Gasteiger partial charge in [0.15, 0.2) is 5.84 Å². The number of benzene rings is 1. The molecule has 1 fully saturated rings. The Morgan fingerprint density at radius 1 is 1.60 bits per heavy atom. The first-order valence-corrected chi connectivity index (χ1v) is 6.69. The first kappa shape index (κ1) is 14.6. The summed E-state index contributed by atoms with van der Waals surface area (Å²) >= 11 is 0. The number of hydrogen-bond acceptors (Lipinski definition) is 5. The number of nitrogens with two attached hydrogens (primary N) is 1. The van der Waals surface area contributed by atoms with E-state index in [2.05, 4.69) is 22.0 Å². The summed E-state index contributed by atoms with van der Waals surface area (Å²) in [6.45, 7) is 3.51. The van der Waals surface area contributed by atoms with Crippen molar-refractivity contribution in [3.05, 3.63) is 29.8 Å². The maximum atomic E-state index is 8.73. The molecule has 0 aliphatic carbocycles. The van der Waals surface area contributed by atoms with Gasteiger partial charge in [-0.25, -0.2) is 0 Å². The average molecular weight is 278 g/mol. The molecule has 1 heterocycles. The number of amidine groups is 1. The molecule has 0 aromatic heterocycles. The summed E-state index contributed by atoms with van der Waals surface area (Å²) in [7, 11) is 4.12. The van der Waals surface area contributed by atoms with Crippen molar-refractivity contribution in [3.8, 4) is 0 Å². The van der Waals surface area contributed by atoms with Crippen molar-refractivity contribution >= 4 is 11.5 Å². The van der Waals surface area contributed by atoms with Gasteiger partial charge in [0.2, 0.25) is 0 Å². The van der Waals surface area contributed by atoms with Gasteiger partial charge in [-0.05, 0) is 19.2 Å². The normalized spacial score (nSPS) is 20.9. The average Bonchev–Trinajstić information content (AvgIpc) is 2.46. The SMILES string of the molecule is CN1CCOC(CN(C)c2cccc(C(N)=NO)c2)C1. The third-order valence-corrected chi connectivity index (χ3v) is 3.51. The van der Waals surface area contributed by atoms with Crippen LogP contribution in [0.25, 0.3) is 0 Å². The second-order valence-corrected chi connectivity index (χ2v) is 5.17. The van der Waals surface area contributed by atoms with Crippen LogP contribution in [0, 0.1) is 0 Å². The Morgan fingerprint density at radius 3 is 3.10 bits per heavy atom. The second-order valence-electron chi connectivity index (χ2n) is 5.17. The lowest BCUT2D eigenvalue weighted by atomic mass is 10.1. The van der Waals surface area contributed by atoms with Crippen LogP contribution in [-0.4, -0.2) is 62.4 Å². The third-order valence-electron chi connectivity index (χ3n) is 3.51. The summed E-state index contributed by atoms with van der Waals surface area (Å²) in [4.78, 5) is 4.40. The highest BCUT2D eigenvalue weighted by molar-refractivity contribution is 5.97. The zero-order chi connectivity index (χ0) is 14.5. The van der Waals surface area contributed by atoms with Gasteiger partial charge in [-0.3, -0.25) is 0 Å². The molecular formula is C14H22N4O2. The third kappa shape index (κ3) is 3.61. The number of likely N-dealkylation sites (N-methyl/N-ethyl adjacent to an activating group) is 2. The molecule has 0 bridgehead atoms. The highest BCUT2D eigenvalue weighted by Crippen LogP contribution is 2.16. The molecule has 1 aromatic carbocycles. The van der Waals surface area contributed by atoms with E-state index < -0.39 is 0 Å². The molecule has 0 amide bonds. The van der Waals surface area contributed by atoms with Crippen LogP contribution in [0.5, 0.6) is 0 Å². The van der Waals surface area contributed by atoms with Crippen molar-refractivity contribution in [1.29, 1.82) is 0 Å². The summed E-state index contributed by atoms with van der Waals surface area (Å²) in [5, 5.41) is 11.8. The molecule has 0 spiro atoms. The molecule has 6 nitrogen and oxygen atoms in total. The van der Waals surface area contributed by atoms with E-state index in [4.69, 9.17) is 15.7 Å². The first-order chi connectivity index (χ1) is 9.60. The van der Waals surface area contributed by atoms with Crippen LogP contribution >= 0.6 is 0 Å². The monoisotopic (exact) mass is 278 g/mol. The molecule has 1 unspecified atom stereocenters. The predicted octanol–water partition coefficient (Wildman–Crippen LogP) is 0.548. The first-order valence-electron chi connectivity index (χ1n) is 6.69. The number of anilines is 1. The standard InChI is InChI=1S/C14H22N4O2/c1-17-6-7-20-13(9-17)10-18(2)12-5-3-4-11(8-12)14(15)16-19/h3-5,8,13,19H,6-7,9-10H2,1-2H3,(H2,15,16). The number of rotatable bonds is 4. The Kier molecular flexibility index (Phi) is 4.81. The quantitative estimate of drug-likeness (QED) is 0.364. The van der Waals surface area contributed by atoms with Gasteiger partial charge in [0, 0.05) is 37.9 Å². The topological polar surface area (TPSA) is 74.3 Å². The molecule has 3 N–H and O–H groups in total. The summed E-state index contributed by atoms with van der Waals surface area (Å²) in [6, 6.07) is 7.62. The maximum Gasteiger partial charge on any atom is 0.170 e. The summed E-state index contributed by atoms with van der Waals surface area (Å²) < 4.78 is 5.77. The van der Waals surface area contributed by atoms with Crippen molar-refractivity contribution in [2.75, 3.05) is 45.2 Å². The highest BCUT2D eigenvalue weighted by atomic mass is 16.5. The van der Waals surface area contributed by atoms with Gasteiger partial charge in [-0.15, -0.1) is 0 Å². The zero-order valence-corrected chi connectivity index (χ0v) is 12.0. The Morgan fingerprint density at radius 2 is 2.40 bits per heavy atom. The molecule has 20 heavy (non-hydrogen) atoms. The van der Waals surface area contributed by atoms with Crippen LogP contribution in [0.2, 0.25) is 0 Å². The second kappa shape index (κ2) is 6.58. The molecule has 1 aromatic rings. The molecule has 0 radical (unpaired) electrons. The molecule has 110 valence electrons. The van der Waals surface area contributed by atoms with E-state index in [1.54, 1.807) is 0 Å². The van der Waals surface area contributed by atoms with Crippen molar-refractivity contribution in [2.24, 2.45) is 10.9 Å². The minimum Gasteiger partial charge on any atom is -0.409 e. The van der Waals surface area contributed by atoms with Gasteiger partial charge in [0.05, 0.1) is 12.7 Å². The lowest BCUT2D eigenvalue weighted by molar-refractivity contribution is -0.0143. The molecule has 1 aliphatic heterocycles. The van der Waals surface area contributed by atoms with Gasteiger partial charge >= 0.3 is 0 Å². The van der Waals surface area contributed by atoms with Gasteiger partial charge in [0.1, 0.15) is 0 Å². The summed E-state index contributed by atoms with van der Waals surface area (Å²) in [5.74, 6) is 0.119. The van der Waals surface area contributed by atoms with Crippen LogP contribution in [0.4, 0.5) is 5.69 Å². The minimum absolute atomic E-state index is 0.119. The fourth-order valence-corrected chi connectivity index (χ4v) is 2.35. The van der Waals surface area contributed by atoms with E-state index in [0.29, 0.717) is 5.56 Å². The van der Waals surface area contributed by atoms with E-state index >= 15 is 0 Å². The Labute approximate surface area is 119 Å². The van der Waals surface area contributed by atoms with Crippen molar-refractivity contribution in [1.82, 2.24) is 4.90 Å². The van der Waals surface area contributed by atoms with Crippen LogP contribution < -0.4 is 10.6 Å². The molecule has 1 saturated heterocycles.